The van der Waals surface area contributed by atoms with E-state index in [1.54, 1.807) is 19.1 Å². The zero-order chi connectivity index (χ0) is 22.2. The minimum absolute atomic E-state index is 0.222. The maximum Gasteiger partial charge on any atom is 0.416 e. The van der Waals surface area contributed by atoms with Crippen LogP contribution in [0.5, 0.6) is 5.75 Å². The first-order valence-corrected chi connectivity index (χ1v) is 9.29. The molecule has 0 amide bonds. The number of hydrogen-bond donors (Lipinski definition) is 1. The lowest BCUT2D eigenvalue weighted by Crippen LogP contribution is -2.10. The van der Waals surface area contributed by atoms with E-state index in [-0.39, 0.29) is 12.4 Å². The quantitative estimate of drug-likeness (QED) is 0.459. The average Bonchev–Trinajstić information content (AvgIpc) is 3.30. The van der Waals surface area contributed by atoms with Crippen molar-refractivity contribution in [1.29, 1.82) is 0 Å². The topological polar surface area (TPSA) is 77.5 Å². The van der Waals surface area contributed by atoms with Gasteiger partial charge < -0.3 is 18.8 Å². The van der Waals surface area contributed by atoms with Crippen LogP contribution in [-0.2, 0) is 17.5 Å². The average molecular weight is 430 g/mol. The third-order valence-corrected chi connectivity index (χ3v) is 4.77. The lowest BCUT2D eigenvalue weighted by Gasteiger charge is -2.09. The molecular formula is C22H17F3N2O4. The number of alkyl halides is 3. The second kappa shape index (κ2) is 7.82. The van der Waals surface area contributed by atoms with Crippen LogP contribution in [0.1, 0.15) is 17.0 Å². The highest BCUT2D eigenvalue weighted by molar-refractivity contribution is 5.86. The van der Waals surface area contributed by atoms with Crippen LogP contribution >= 0.6 is 0 Å². The van der Waals surface area contributed by atoms with Gasteiger partial charge in [-0.25, -0.2) is 9.78 Å². The molecule has 0 aliphatic carbocycles. The number of para-hydroxylation sites is 1. The predicted octanol–water partition coefficient (Wildman–Crippen LogP) is 5.14. The van der Waals surface area contributed by atoms with Gasteiger partial charge >= 0.3 is 12.1 Å². The molecule has 0 radical (unpaired) electrons. The Morgan fingerprint density at radius 3 is 2.58 bits per heavy atom. The Hall–Kier alpha value is -3.75. The molecule has 31 heavy (non-hydrogen) atoms. The van der Waals surface area contributed by atoms with Crippen molar-refractivity contribution >= 4 is 16.9 Å². The summed E-state index contributed by atoms with van der Waals surface area (Å²) in [4.78, 5) is 15.2. The fourth-order valence-corrected chi connectivity index (χ4v) is 3.27. The molecule has 0 bridgehead atoms. The summed E-state index contributed by atoms with van der Waals surface area (Å²) in [5.41, 5.74) is 0.994. The van der Waals surface area contributed by atoms with Gasteiger partial charge in [0.05, 0.1) is 23.3 Å². The van der Waals surface area contributed by atoms with Crippen molar-refractivity contribution in [3.63, 3.8) is 0 Å². The Bertz CT molecular complexity index is 1240. The van der Waals surface area contributed by atoms with E-state index < -0.39 is 24.3 Å². The van der Waals surface area contributed by atoms with Gasteiger partial charge in [-0.3, -0.25) is 0 Å². The minimum Gasteiger partial charge on any atom is -0.480 e. The molecule has 0 aliphatic rings. The molecule has 0 spiro atoms. The molecule has 1 N–H and O–H groups in total. The number of ether oxygens (including phenoxy) is 1. The minimum atomic E-state index is -4.41. The molecule has 0 saturated carbocycles. The molecule has 0 atom stereocenters. The molecule has 2 heterocycles. The van der Waals surface area contributed by atoms with E-state index >= 15 is 0 Å². The summed E-state index contributed by atoms with van der Waals surface area (Å²) in [5, 5.41) is 9.76. The van der Waals surface area contributed by atoms with E-state index in [0.29, 0.717) is 28.3 Å². The Morgan fingerprint density at radius 1 is 1.16 bits per heavy atom. The predicted molar refractivity (Wildman–Crippen MR) is 106 cm³/mol. The van der Waals surface area contributed by atoms with Crippen LogP contribution < -0.4 is 4.74 Å². The zero-order valence-corrected chi connectivity index (χ0v) is 16.3. The van der Waals surface area contributed by atoms with Gasteiger partial charge in [0.25, 0.3) is 0 Å². The Morgan fingerprint density at radius 2 is 1.90 bits per heavy atom. The van der Waals surface area contributed by atoms with Crippen LogP contribution in [0.3, 0.4) is 0 Å². The Kier molecular flexibility index (Phi) is 5.18. The maximum atomic E-state index is 12.8. The lowest BCUT2D eigenvalue weighted by molar-refractivity contribution is -0.139. The number of aryl methyl sites for hydroxylation is 1. The summed E-state index contributed by atoms with van der Waals surface area (Å²) in [6.07, 6.45) is -2.59. The van der Waals surface area contributed by atoms with Crippen LogP contribution in [0.2, 0.25) is 0 Å². The smallest absolute Gasteiger partial charge is 0.416 e. The van der Waals surface area contributed by atoms with Crippen molar-refractivity contribution in [3.05, 3.63) is 71.7 Å². The van der Waals surface area contributed by atoms with Crippen molar-refractivity contribution in [3.8, 4) is 17.2 Å². The van der Waals surface area contributed by atoms with Gasteiger partial charge in [0, 0.05) is 17.1 Å². The summed E-state index contributed by atoms with van der Waals surface area (Å²) in [6, 6.07) is 11.8. The van der Waals surface area contributed by atoms with E-state index in [1.807, 2.05) is 22.9 Å². The number of aliphatic carboxylic acids is 1. The van der Waals surface area contributed by atoms with Gasteiger partial charge in [-0.05, 0) is 43.3 Å². The highest BCUT2D eigenvalue weighted by Gasteiger charge is 2.30. The van der Waals surface area contributed by atoms with Gasteiger partial charge in [0.1, 0.15) is 11.5 Å². The number of nitrogens with zero attached hydrogens (tertiary/aromatic N) is 2. The fraction of sp³-hybridized carbons (Fsp3) is 0.182. The normalized spacial score (nSPS) is 11.7. The first-order chi connectivity index (χ1) is 14.7. The van der Waals surface area contributed by atoms with E-state index in [9.17, 15) is 18.0 Å². The van der Waals surface area contributed by atoms with Gasteiger partial charge in [-0.15, -0.1) is 0 Å². The summed E-state index contributed by atoms with van der Waals surface area (Å²) in [7, 11) is 0. The zero-order valence-electron chi connectivity index (χ0n) is 16.3. The van der Waals surface area contributed by atoms with Crippen molar-refractivity contribution in [2.45, 2.75) is 19.6 Å². The van der Waals surface area contributed by atoms with E-state index in [0.717, 1.165) is 17.5 Å². The third-order valence-electron chi connectivity index (χ3n) is 4.77. The molecule has 0 unspecified atom stereocenters. The molecule has 2 aromatic carbocycles. The monoisotopic (exact) mass is 430 g/mol. The molecule has 0 saturated heterocycles. The van der Waals surface area contributed by atoms with Crippen LogP contribution in [0.15, 0.2) is 59.1 Å². The molecule has 2 aromatic heterocycles. The van der Waals surface area contributed by atoms with Gasteiger partial charge in [0.15, 0.2) is 6.61 Å². The number of rotatable bonds is 6. The molecule has 0 fully saturated rings. The third kappa shape index (κ3) is 4.25. The number of hydrogen-bond acceptors (Lipinski definition) is 4. The van der Waals surface area contributed by atoms with Crippen LogP contribution in [-0.4, -0.2) is 27.2 Å². The van der Waals surface area contributed by atoms with Gasteiger partial charge in [-0.1, -0.05) is 12.1 Å². The second-order valence-electron chi connectivity index (χ2n) is 6.92. The molecule has 6 nitrogen and oxygen atoms in total. The van der Waals surface area contributed by atoms with Crippen molar-refractivity contribution in [2.75, 3.05) is 6.61 Å². The number of benzene rings is 2. The summed E-state index contributed by atoms with van der Waals surface area (Å²) in [5.74, 6) is 0.0906. The summed E-state index contributed by atoms with van der Waals surface area (Å²) < 4.78 is 51.4. The first-order valence-electron chi connectivity index (χ1n) is 9.29. The van der Waals surface area contributed by atoms with Crippen LogP contribution in [0.25, 0.3) is 22.4 Å². The van der Waals surface area contributed by atoms with Gasteiger partial charge in [-0.2, -0.15) is 13.2 Å². The largest absolute Gasteiger partial charge is 0.480 e. The van der Waals surface area contributed by atoms with E-state index in [2.05, 4.69) is 4.98 Å². The van der Waals surface area contributed by atoms with E-state index in [1.165, 1.54) is 12.1 Å². The van der Waals surface area contributed by atoms with E-state index in [4.69, 9.17) is 14.3 Å². The van der Waals surface area contributed by atoms with Crippen molar-refractivity contribution < 1.29 is 32.2 Å². The number of carbonyl (C=O) groups is 1. The highest BCUT2D eigenvalue weighted by Crippen LogP contribution is 2.32. The number of oxazole rings is 1. The lowest BCUT2D eigenvalue weighted by atomic mass is 10.1. The second-order valence-corrected chi connectivity index (χ2v) is 6.92. The molecule has 9 heteroatoms. The van der Waals surface area contributed by atoms with Crippen molar-refractivity contribution in [2.24, 2.45) is 0 Å². The molecule has 4 aromatic rings. The maximum absolute atomic E-state index is 12.8. The molecular weight excluding hydrogens is 413 g/mol. The molecule has 0 aliphatic heterocycles. The SMILES string of the molecule is Cc1nc(-c2ccc(C(F)(F)F)cc2)oc1Cn1ccc2cccc(OCC(=O)O)c21. The number of carboxylic acid groups (broad SMARTS) is 1. The molecule has 160 valence electrons. The number of aromatic nitrogens is 2. The number of halogens is 3. The number of fused-ring (bicyclic) bond motifs is 1. The number of carboxylic acids is 1. The summed E-state index contributed by atoms with van der Waals surface area (Å²) in [6.45, 7) is 1.57. The standard InChI is InChI=1S/C22H17F3N2O4/c1-13-18(31-21(26-13)15-5-7-16(8-6-15)22(23,24)25)11-27-10-9-14-3-2-4-17(20(14)27)30-12-19(28)29/h2-10H,11-12H2,1H3,(H,28,29). The highest BCUT2D eigenvalue weighted by atomic mass is 19.4. The first kappa shape index (κ1) is 20.5. The Labute approximate surface area is 174 Å². The molecule has 4 rings (SSSR count). The van der Waals surface area contributed by atoms with Crippen LogP contribution in [0.4, 0.5) is 13.2 Å². The van der Waals surface area contributed by atoms with Crippen molar-refractivity contribution in [1.82, 2.24) is 9.55 Å². The fourth-order valence-electron chi connectivity index (χ4n) is 3.27. The summed E-state index contributed by atoms with van der Waals surface area (Å²) >= 11 is 0. The Balaban J connectivity index is 1.63. The van der Waals surface area contributed by atoms with Gasteiger partial charge in [0.2, 0.25) is 5.89 Å². The van der Waals surface area contributed by atoms with Crippen LogP contribution in [0, 0.1) is 6.92 Å².